The highest BCUT2D eigenvalue weighted by Crippen LogP contribution is 2.47. The molecule has 5 heteroatoms. The van der Waals surface area contributed by atoms with E-state index in [-0.39, 0.29) is 30.4 Å². The van der Waals surface area contributed by atoms with Crippen molar-refractivity contribution in [2.45, 2.75) is 78.1 Å². The van der Waals surface area contributed by atoms with E-state index in [9.17, 15) is 14.7 Å². The number of ether oxygens (including phenoxy) is 1. The van der Waals surface area contributed by atoms with Crippen molar-refractivity contribution in [1.29, 1.82) is 0 Å². The smallest absolute Gasteiger partial charge is 0.311 e. The van der Waals surface area contributed by atoms with E-state index in [2.05, 4.69) is 26.5 Å². The van der Waals surface area contributed by atoms with Gasteiger partial charge < -0.3 is 14.9 Å². The van der Waals surface area contributed by atoms with Crippen molar-refractivity contribution in [3.8, 4) is 11.5 Å². The van der Waals surface area contributed by atoms with Gasteiger partial charge in [0.15, 0.2) is 5.78 Å². The Balaban J connectivity index is 2.42. The largest absolute Gasteiger partial charge is 0.507 e. The lowest BCUT2D eigenvalue weighted by molar-refractivity contribution is -0.136. The second-order valence-electron chi connectivity index (χ2n) is 8.69. The van der Waals surface area contributed by atoms with Gasteiger partial charge in [-0.15, -0.1) is 0 Å². The lowest BCUT2D eigenvalue weighted by atomic mass is 9.73. The number of aliphatic hydroxyl groups excluding tert-OH is 1. The second kappa shape index (κ2) is 11.8. The summed E-state index contributed by atoms with van der Waals surface area (Å²) in [4.78, 5) is 23.8. The van der Waals surface area contributed by atoms with Crippen LogP contribution in [0.1, 0.15) is 82.8 Å². The van der Waals surface area contributed by atoms with Crippen molar-refractivity contribution in [2.75, 3.05) is 6.61 Å². The third kappa shape index (κ3) is 7.06. The Morgan fingerprint density at radius 3 is 2.61 bits per heavy atom. The van der Waals surface area contributed by atoms with Crippen LogP contribution in [-0.4, -0.2) is 28.6 Å². The molecule has 2 atom stereocenters. The van der Waals surface area contributed by atoms with Crippen molar-refractivity contribution in [3.63, 3.8) is 0 Å². The summed E-state index contributed by atoms with van der Waals surface area (Å²) < 4.78 is 5.69. The summed E-state index contributed by atoms with van der Waals surface area (Å²) >= 11 is 0. The summed E-state index contributed by atoms with van der Waals surface area (Å²) in [5, 5.41) is 19.9. The predicted octanol–water partition coefficient (Wildman–Crippen LogP) is 5.39. The number of hydrogen-bond acceptors (Lipinski definition) is 5. The van der Waals surface area contributed by atoms with Gasteiger partial charge >= 0.3 is 5.97 Å². The van der Waals surface area contributed by atoms with E-state index in [1.165, 1.54) is 5.57 Å². The Morgan fingerprint density at radius 2 is 1.97 bits per heavy atom. The Hall–Kier alpha value is -2.40. The minimum atomic E-state index is -0.585. The number of phenols is 1. The lowest BCUT2D eigenvalue weighted by Crippen LogP contribution is -2.19. The molecule has 0 radical (unpaired) electrons. The quantitative estimate of drug-likeness (QED) is 0.214. The van der Waals surface area contributed by atoms with Gasteiger partial charge in [-0.3, -0.25) is 9.59 Å². The number of allylic oxidation sites excluding steroid dienone is 3. The first-order valence-electron chi connectivity index (χ1n) is 11.3. The number of unbranched alkanes of at least 4 members (excludes halogenated alkanes) is 2. The maximum atomic E-state index is 12.5. The lowest BCUT2D eigenvalue weighted by Gasteiger charge is -2.32. The minimum Gasteiger partial charge on any atom is -0.507 e. The van der Waals surface area contributed by atoms with E-state index in [0.29, 0.717) is 11.3 Å². The van der Waals surface area contributed by atoms with E-state index in [4.69, 9.17) is 9.84 Å². The molecule has 0 aliphatic heterocycles. The molecule has 0 aromatic heterocycles. The van der Waals surface area contributed by atoms with Gasteiger partial charge in [0, 0.05) is 17.9 Å². The molecule has 1 aromatic carbocycles. The van der Waals surface area contributed by atoms with E-state index in [0.717, 1.165) is 49.7 Å². The molecule has 0 amide bonds. The maximum Gasteiger partial charge on any atom is 0.311 e. The van der Waals surface area contributed by atoms with Crippen LogP contribution in [0.15, 0.2) is 35.9 Å². The predicted molar refractivity (Wildman–Crippen MR) is 122 cm³/mol. The highest BCUT2D eigenvalue weighted by molar-refractivity contribution is 5.84. The fourth-order valence-corrected chi connectivity index (χ4v) is 4.21. The van der Waals surface area contributed by atoms with Crippen molar-refractivity contribution in [3.05, 3.63) is 47.1 Å². The van der Waals surface area contributed by atoms with Crippen LogP contribution < -0.4 is 4.74 Å². The van der Waals surface area contributed by atoms with Crippen LogP contribution in [0.2, 0.25) is 0 Å². The third-order valence-corrected chi connectivity index (χ3v) is 5.97. The number of hydrogen-bond donors (Lipinski definition) is 2. The average Bonchev–Trinajstić information content (AvgIpc) is 2.71. The second-order valence-corrected chi connectivity index (χ2v) is 8.69. The first-order chi connectivity index (χ1) is 14.8. The zero-order chi connectivity index (χ0) is 23.0. The average molecular weight is 429 g/mol. The number of ketones is 1. The molecule has 0 saturated carbocycles. The van der Waals surface area contributed by atoms with E-state index in [1.807, 2.05) is 13.0 Å². The van der Waals surface area contributed by atoms with Crippen molar-refractivity contribution < 1.29 is 24.5 Å². The topological polar surface area (TPSA) is 83.8 Å². The van der Waals surface area contributed by atoms with E-state index < -0.39 is 18.4 Å². The molecule has 1 aliphatic carbocycles. The SMILES string of the molecule is C=C(C)[C@H]1CCC(C)=C[C@@H]1c1c(O)cc(CCCCC)cc1OC(=O)CCC(=O)CO. The van der Waals surface area contributed by atoms with Crippen LogP contribution in [-0.2, 0) is 16.0 Å². The van der Waals surface area contributed by atoms with Gasteiger partial charge in [0.2, 0.25) is 0 Å². The molecule has 0 bridgehead atoms. The van der Waals surface area contributed by atoms with Crippen LogP contribution in [0.3, 0.4) is 0 Å². The zero-order valence-electron chi connectivity index (χ0n) is 19.1. The number of aryl methyl sites for hydroxylation is 1. The molecule has 0 unspecified atom stereocenters. The molecule has 0 heterocycles. The summed E-state index contributed by atoms with van der Waals surface area (Å²) in [7, 11) is 0. The summed E-state index contributed by atoms with van der Waals surface area (Å²) in [6, 6.07) is 3.63. The molecule has 2 N–H and O–H groups in total. The number of aliphatic hydroxyl groups is 1. The number of carbonyl (C=O) groups is 2. The number of benzene rings is 1. The minimum absolute atomic E-state index is 0.0658. The summed E-state index contributed by atoms with van der Waals surface area (Å²) in [6.45, 7) is 9.76. The molecule has 5 nitrogen and oxygen atoms in total. The first-order valence-corrected chi connectivity index (χ1v) is 11.3. The highest BCUT2D eigenvalue weighted by Gasteiger charge is 2.31. The van der Waals surface area contributed by atoms with Gasteiger partial charge in [0.25, 0.3) is 0 Å². The zero-order valence-corrected chi connectivity index (χ0v) is 19.1. The van der Waals surface area contributed by atoms with Crippen LogP contribution in [0, 0.1) is 5.92 Å². The maximum absolute atomic E-state index is 12.5. The monoisotopic (exact) mass is 428 g/mol. The van der Waals surface area contributed by atoms with Crippen molar-refractivity contribution in [2.24, 2.45) is 5.92 Å². The van der Waals surface area contributed by atoms with E-state index >= 15 is 0 Å². The highest BCUT2D eigenvalue weighted by atomic mass is 16.5. The van der Waals surface area contributed by atoms with E-state index in [1.54, 1.807) is 6.07 Å². The number of carbonyl (C=O) groups excluding carboxylic acids is 2. The van der Waals surface area contributed by atoms with Crippen LogP contribution in [0.5, 0.6) is 11.5 Å². The molecular formula is C26H36O5. The van der Waals surface area contributed by atoms with Crippen LogP contribution in [0.25, 0.3) is 0 Å². The summed E-state index contributed by atoms with van der Waals surface area (Å²) in [6.07, 6.45) is 7.83. The Labute approximate surface area is 185 Å². The molecular weight excluding hydrogens is 392 g/mol. The van der Waals surface area contributed by atoms with Crippen molar-refractivity contribution in [1.82, 2.24) is 0 Å². The molecule has 170 valence electrons. The van der Waals surface area contributed by atoms with Gasteiger partial charge in [-0.1, -0.05) is 43.6 Å². The normalized spacial score (nSPS) is 18.4. The van der Waals surface area contributed by atoms with Crippen LogP contribution >= 0.6 is 0 Å². The number of Topliss-reactive ketones (excluding diaryl/α,β-unsaturated/α-hetero) is 1. The van der Waals surface area contributed by atoms with Gasteiger partial charge in [0.1, 0.15) is 18.1 Å². The van der Waals surface area contributed by atoms with Gasteiger partial charge in [-0.05, 0) is 63.1 Å². The molecule has 2 rings (SSSR count). The standard InChI is InChI=1S/C26H36O5/c1-5-6-7-8-19-14-23(29)26(22-13-18(4)9-11-21(22)17(2)3)24(15-19)31-25(30)12-10-20(28)16-27/h13-15,21-22,27,29H,2,5-12,16H2,1,3-4H3/t21-,22+/m1/s1. The van der Waals surface area contributed by atoms with Crippen LogP contribution in [0.4, 0.5) is 0 Å². The third-order valence-electron chi connectivity index (χ3n) is 5.97. The van der Waals surface area contributed by atoms with Gasteiger partial charge in [-0.2, -0.15) is 0 Å². The Kier molecular flexibility index (Phi) is 9.50. The Bertz CT molecular complexity index is 836. The fourth-order valence-electron chi connectivity index (χ4n) is 4.21. The molecule has 1 aromatic rings. The number of rotatable bonds is 11. The number of phenolic OH excluding ortho intramolecular Hbond substituents is 1. The summed E-state index contributed by atoms with van der Waals surface area (Å²) in [5.41, 5.74) is 3.80. The molecule has 1 aliphatic rings. The van der Waals surface area contributed by atoms with Crippen molar-refractivity contribution >= 4 is 11.8 Å². The number of esters is 1. The molecule has 31 heavy (non-hydrogen) atoms. The molecule has 0 saturated heterocycles. The van der Waals surface area contributed by atoms with Gasteiger partial charge in [-0.25, -0.2) is 0 Å². The Morgan fingerprint density at radius 1 is 1.23 bits per heavy atom. The fraction of sp³-hybridized carbons (Fsp3) is 0.538. The van der Waals surface area contributed by atoms with Gasteiger partial charge in [0.05, 0.1) is 6.42 Å². The first kappa shape index (κ1) is 24.9. The molecule has 0 fully saturated rings. The number of aromatic hydroxyl groups is 1. The molecule has 0 spiro atoms. The summed E-state index contributed by atoms with van der Waals surface area (Å²) in [5.74, 6) is -0.439.